The highest BCUT2D eigenvalue weighted by Gasteiger charge is 2.18. The Bertz CT molecular complexity index is 644. The number of carbonyl (C=O) groups is 1. The second kappa shape index (κ2) is 5.17. The van der Waals surface area contributed by atoms with Crippen LogP contribution in [0.3, 0.4) is 0 Å². The maximum Gasteiger partial charge on any atom is 0.171 e. The summed E-state index contributed by atoms with van der Waals surface area (Å²) in [5, 5.41) is 0.0297. The largest absolute Gasteiger partial charge is 0.466 e. The van der Waals surface area contributed by atoms with Gasteiger partial charge in [-0.15, -0.1) is 0 Å². The molecular formula is C15H14ClFO2. The van der Waals surface area contributed by atoms with Crippen LogP contribution < -0.4 is 0 Å². The summed E-state index contributed by atoms with van der Waals surface area (Å²) in [6, 6.07) is 4.31. The number of benzene rings is 1. The topological polar surface area (TPSA) is 30.2 Å². The molecule has 0 fully saturated rings. The molecule has 0 saturated carbocycles. The highest BCUT2D eigenvalue weighted by Crippen LogP contribution is 2.23. The van der Waals surface area contributed by atoms with Crippen molar-refractivity contribution in [2.45, 2.75) is 27.2 Å². The van der Waals surface area contributed by atoms with Crippen molar-refractivity contribution in [2.24, 2.45) is 0 Å². The second-order valence-electron chi connectivity index (χ2n) is 4.56. The van der Waals surface area contributed by atoms with Gasteiger partial charge in [-0.05, 0) is 38.5 Å². The molecule has 0 aliphatic heterocycles. The van der Waals surface area contributed by atoms with Crippen LogP contribution in [0.25, 0.3) is 0 Å². The molecule has 0 N–H and O–H groups in total. The molecule has 0 radical (unpaired) electrons. The van der Waals surface area contributed by atoms with Crippen LogP contribution in [0.1, 0.15) is 33.0 Å². The van der Waals surface area contributed by atoms with Crippen LogP contribution in [-0.4, -0.2) is 5.78 Å². The molecular weight excluding hydrogens is 267 g/mol. The fourth-order valence-electron chi connectivity index (χ4n) is 2.13. The van der Waals surface area contributed by atoms with Gasteiger partial charge >= 0.3 is 0 Å². The van der Waals surface area contributed by atoms with Crippen molar-refractivity contribution in [2.75, 3.05) is 0 Å². The van der Waals surface area contributed by atoms with E-state index < -0.39 is 5.82 Å². The number of hydrogen-bond acceptors (Lipinski definition) is 2. The van der Waals surface area contributed by atoms with Gasteiger partial charge in [0.1, 0.15) is 17.3 Å². The monoisotopic (exact) mass is 280 g/mol. The van der Waals surface area contributed by atoms with Crippen LogP contribution in [0, 0.1) is 26.6 Å². The lowest BCUT2D eigenvalue weighted by Crippen LogP contribution is -2.06. The van der Waals surface area contributed by atoms with Crippen molar-refractivity contribution < 1.29 is 13.6 Å². The molecule has 100 valence electrons. The van der Waals surface area contributed by atoms with Gasteiger partial charge in [0, 0.05) is 12.0 Å². The molecule has 19 heavy (non-hydrogen) atoms. The Morgan fingerprint density at radius 1 is 1.26 bits per heavy atom. The van der Waals surface area contributed by atoms with Crippen molar-refractivity contribution in [1.82, 2.24) is 0 Å². The van der Waals surface area contributed by atoms with E-state index in [0.717, 1.165) is 11.3 Å². The lowest BCUT2D eigenvalue weighted by atomic mass is 10.00. The van der Waals surface area contributed by atoms with Crippen LogP contribution in [0.5, 0.6) is 0 Å². The average molecular weight is 281 g/mol. The molecule has 0 saturated heterocycles. The predicted octanol–water partition coefficient (Wildman–Crippen LogP) is 4.42. The van der Waals surface area contributed by atoms with Gasteiger partial charge in [0.05, 0.1) is 10.6 Å². The molecule has 0 spiro atoms. The first kappa shape index (κ1) is 13.8. The maximum absolute atomic E-state index is 13.1. The molecule has 2 aromatic rings. The smallest absolute Gasteiger partial charge is 0.171 e. The SMILES string of the molecule is Cc1oc(C)c(C(=O)Cc2ccc(F)c(Cl)c2)c1C. The molecule has 2 rings (SSSR count). The third kappa shape index (κ3) is 2.71. The van der Waals surface area contributed by atoms with E-state index in [1.807, 2.05) is 13.8 Å². The lowest BCUT2D eigenvalue weighted by Gasteiger charge is -2.03. The molecule has 1 aromatic heterocycles. The van der Waals surface area contributed by atoms with Gasteiger partial charge in [-0.3, -0.25) is 4.79 Å². The molecule has 0 aliphatic rings. The number of hydrogen-bond donors (Lipinski definition) is 0. The highest BCUT2D eigenvalue weighted by atomic mass is 35.5. The van der Waals surface area contributed by atoms with E-state index in [1.54, 1.807) is 13.0 Å². The predicted molar refractivity (Wildman–Crippen MR) is 72.4 cm³/mol. The Labute approximate surface area is 116 Å². The minimum absolute atomic E-state index is 0.0297. The highest BCUT2D eigenvalue weighted by molar-refractivity contribution is 6.30. The molecule has 0 aliphatic carbocycles. The Hall–Kier alpha value is -1.61. The summed E-state index contributed by atoms with van der Waals surface area (Å²) < 4.78 is 18.5. The molecule has 4 heteroatoms. The molecule has 0 bridgehead atoms. The fraction of sp³-hybridized carbons (Fsp3) is 0.267. The molecule has 0 unspecified atom stereocenters. The van der Waals surface area contributed by atoms with E-state index in [2.05, 4.69) is 0 Å². The van der Waals surface area contributed by atoms with Gasteiger partial charge in [0.2, 0.25) is 0 Å². The van der Waals surface area contributed by atoms with E-state index in [9.17, 15) is 9.18 Å². The van der Waals surface area contributed by atoms with Crippen molar-refractivity contribution in [1.29, 1.82) is 0 Å². The summed E-state index contributed by atoms with van der Waals surface area (Å²) in [5.74, 6) is 0.838. The Morgan fingerprint density at radius 2 is 1.95 bits per heavy atom. The van der Waals surface area contributed by atoms with Crippen molar-refractivity contribution in [3.05, 3.63) is 57.2 Å². The van der Waals surface area contributed by atoms with Crippen molar-refractivity contribution in [3.8, 4) is 0 Å². The Kier molecular flexibility index (Phi) is 3.76. The summed E-state index contributed by atoms with van der Waals surface area (Å²) in [7, 11) is 0. The van der Waals surface area contributed by atoms with Gasteiger partial charge in [0.25, 0.3) is 0 Å². The number of Topliss-reactive ketones (excluding diaryl/α,β-unsaturated/α-hetero) is 1. The first-order valence-corrected chi connectivity index (χ1v) is 6.31. The maximum atomic E-state index is 13.1. The number of aryl methyl sites for hydroxylation is 2. The normalized spacial score (nSPS) is 10.8. The molecule has 0 amide bonds. The van der Waals surface area contributed by atoms with Gasteiger partial charge < -0.3 is 4.42 Å². The van der Waals surface area contributed by atoms with Gasteiger partial charge in [-0.25, -0.2) is 4.39 Å². The van der Waals surface area contributed by atoms with Crippen molar-refractivity contribution in [3.63, 3.8) is 0 Å². The molecule has 0 atom stereocenters. The van der Waals surface area contributed by atoms with Crippen LogP contribution in [0.4, 0.5) is 4.39 Å². The Morgan fingerprint density at radius 3 is 2.47 bits per heavy atom. The Balaban J connectivity index is 2.28. The molecule has 1 aromatic carbocycles. The second-order valence-corrected chi connectivity index (χ2v) is 4.97. The van der Waals surface area contributed by atoms with E-state index in [-0.39, 0.29) is 17.2 Å². The molecule has 2 nitrogen and oxygen atoms in total. The van der Waals surface area contributed by atoms with Crippen LogP contribution >= 0.6 is 11.6 Å². The zero-order chi connectivity index (χ0) is 14.2. The summed E-state index contributed by atoms with van der Waals surface area (Å²) in [5.41, 5.74) is 2.16. The zero-order valence-electron chi connectivity index (χ0n) is 11.0. The van der Waals surface area contributed by atoms with Gasteiger partial charge in [-0.1, -0.05) is 17.7 Å². The number of rotatable bonds is 3. The van der Waals surface area contributed by atoms with Crippen LogP contribution in [0.2, 0.25) is 5.02 Å². The van der Waals surface area contributed by atoms with Crippen LogP contribution in [-0.2, 0) is 6.42 Å². The third-order valence-electron chi connectivity index (χ3n) is 3.19. The fourth-order valence-corrected chi connectivity index (χ4v) is 2.33. The van der Waals surface area contributed by atoms with E-state index in [1.165, 1.54) is 12.1 Å². The first-order valence-electron chi connectivity index (χ1n) is 5.94. The summed E-state index contributed by atoms with van der Waals surface area (Å²) in [6.45, 7) is 5.45. The standard InChI is InChI=1S/C15H14ClFO2/c1-8-9(2)19-10(3)15(8)14(18)7-11-4-5-13(17)12(16)6-11/h4-6H,7H2,1-3H3. The summed E-state index contributed by atoms with van der Waals surface area (Å²) in [4.78, 5) is 12.3. The van der Waals surface area contributed by atoms with Crippen LogP contribution in [0.15, 0.2) is 22.6 Å². The first-order chi connectivity index (χ1) is 8.90. The minimum Gasteiger partial charge on any atom is -0.466 e. The number of carbonyl (C=O) groups excluding carboxylic acids is 1. The minimum atomic E-state index is -0.482. The quantitative estimate of drug-likeness (QED) is 0.779. The van der Waals surface area contributed by atoms with E-state index in [4.69, 9.17) is 16.0 Å². The summed E-state index contributed by atoms with van der Waals surface area (Å²) in [6.07, 6.45) is 0.181. The summed E-state index contributed by atoms with van der Waals surface area (Å²) >= 11 is 5.71. The van der Waals surface area contributed by atoms with Gasteiger partial charge in [-0.2, -0.15) is 0 Å². The zero-order valence-corrected chi connectivity index (χ0v) is 11.8. The third-order valence-corrected chi connectivity index (χ3v) is 3.48. The molecule has 1 heterocycles. The van der Waals surface area contributed by atoms with E-state index in [0.29, 0.717) is 16.9 Å². The van der Waals surface area contributed by atoms with E-state index >= 15 is 0 Å². The number of halogens is 2. The number of furan rings is 1. The number of ketones is 1. The van der Waals surface area contributed by atoms with Gasteiger partial charge in [0.15, 0.2) is 5.78 Å². The van der Waals surface area contributed by atoms with Crippen molar-refractivity contribution >= 4 is 17.4 Å². The average Bonchev–Trinajstić information content (AvgIpc) is 2.58. The lowest BCUT2D eigenvalue weighted by molar-refractivity contribution is 0.0991.